The molecule has 0 atom stereocenters. The van der Waals surface area contributed by atoms with Crippen molar-refractivity contribution in [3.8, 4) is 17.2 Å². The summed E-state index contributed by atoms with van der Waals surface area (Å²) < 4.78 is 12.6. The summed E-state index contributed by atoms with van der Waals surface area (Å²) in [5.74, 6) is 1.03. The van der Waals surface area contributed by atoms with Crippen LogP contribution in [0.25, 0.3) is 5.69 Å². The van der Waals surface area contributed by atoms with E-state index in [1.807, 2.05) is 32.0 Å². The molecule has 0 aliphatic carbocycles. The van der Waals surface area contributed by atoms with Gasteiger partial charge in [-0.2, -0.15) is 0 Å². The Labute approximate surface area is 159 Å². The van der Waals surface area contributed by atoms with Crippen LogP contribution in [0.5, 0.6) is 11.5 Å². The summed E-state index contributed by atoms with van der Waals surface area (Å²) in [4.78, 5) is 12.9. The van der Waals surface area contributed by atoms with Gasteiger partial charge in [0.25, 0.3) is 5.91 Å². The van der Waals surface area contributed by atoms with Gasteiger partial charge in [0.05, 0.1) is 19.8 Å². The summed E-state index contributed by atoms with van der Waals surface area (Å²) in [5.41, 5.74) is 5.43. The van der Waals surface area contributed by atoms with Gasteiger partial charge in [0.2, 0.25) is 0 Å². The maximum Gasteiger partial charge on any atom is 0.257 e. The van der Waals surface area contributed by atoms with Crippen LogP contribution < -0.4 is 14.8 Å². The number of carbonyl (C=O) groups excluding carboxylic acids is 1. The monoisotopic (exact) mass is 364 g/mol. The number of benzene rings is 2. The third-order valence-electron chi connectivity index (χ3n) is 4.58. The van der Waals surface area contributed by atoms with Crippen molar-refractivity contribution in [2.24, 2.45) is 0 Å². The average molecular weight is 364 g/mol. The number of aryl methyl sites for hydroxylation is 2. The van der Waals surface area contributed by atoms with Gasteiger partial charge in [-0.05, 0) is 56.7 Å². The van der Waals surface area contributed by atoms with Crippen molar-refractivity contribution < 1.29 is 14.3 Å². The predicted octanol–water partition coefficient (Wildman–Crippen LogP) is 4.67. The number of rotatable bonds is 5. The Kier molecular flexibility index (Phi) is 5.21. The average Bonchev–Trinajstić information content (AvgIpc) is 2.96. The largest absolute Gasteiger partial charge is 0.493 e. The molecule has 3 rings (SSSR count). The second kappa shape index (κ2) is 7.58. The molecule has 0 spiro atoms. The molecule has 0 saturated heterocycles. The van der Waals surface area contributed by atoms with E-state index in [0.717, 1.165) is 17.1 Å². The summed E-state index contributed by atoms with van der Waals surface area (Å²) in [7, 11) is 3.15. The molecule has 2 aromatic carbocycles. The van der Waals surface area contributed by atoms with Gasteiger partial charge < -0.3 is 19.4 Å². The molecule has 27 heavy (non-hydrogen) atoms. The second-order valence-corrected chi connectivity index (χ2v) is 6.48. The maximum absolute atomic E-state index is 12.9. The van der Waals surface area contributed by atoms with E-state index in [0.29, 0.717) is 22.7 Å². The highest BCUT2D eigenvalue weighted by Gasteiger charge is 2.17. The fourth-order valence-corrected chi connectivity index (χ4v) is 3.27. The number of carbonyl (C=O) groups is 1. The Hall–Kier alpha value is -3.21. The summed E-state index contributed by atoms with van der Waals surface area (Å²) >= 11 is 0. The van der Waals surface area contributed by atoms with Gasteiger partial charge in [0.15, 0.2) is 11.5 Å². The predicted molar refractivity (Wildman–Crippen MR) is 107 cm³/mol. The lowest BCUT2D eigenvalue weighted by Crippen LogP contribution is -2.13. The molecule has 0 radical (unpaired) electrons. The first-order valence-corrected chi connectivity index (χ1v) is 8.74. The van der Waals surface area contributed by atoms with Gasteiger partial charge in [0.1, 0.15) is 0 Å². The molecule has 0 unspecified atom stereocenters. The number of nitrogens with one attached hydrogen (secondary N) is 1. The number of anilines is 1. The molecular formula is C22H24N2O3. The van der Waals surface area contributed by atoms with Gasteiger partial charge in [-0.3, -0.25) is 4.79 Å². The molecule has 3 aromatic rings. The van der Waals surface area contributed by atoms with Crippen LogP contribution in [0.3, 0.4) is 0 Å². The van der Waals surface area contributed by atoms with Gasteiger partial charge >= 0.3 is 0 Å². The zero-order chi connectivity index (χ0) is 19.6. The van der Waals surface area contributed by atoms with Crippen LogP contribution in [0.1, 0.15) is 27.3 Å². The van der Waals surface area contributed by atoms with E-state index in [4.69, 9.17) is 9.47 Å². The summed E-state index contributed by atoms with van der Waals surface area (Å²) in [6.07, 6.45) is 0. The molecule has 0 aliphatic rings. The van der Waals surface area contributed by atoms with E-state index in [1.54, 1.807) is 32.4 Å². The first-order valence-electron chi connectivity index (χ1n) is 8.74. The van der Waals surface area contributed by atoms with Crippen molar-refractivity contribution in [3.05, 3.63) is 71.0 Å². The van der Waals surface area contributed by atoms with Crippen LogP contribution in [0.2, 0.25) is 0 Å². The smallest absolute Gasteiger partial charge is 0.257 e. The van der Waals surface area contributed by atoms with Crippen molar-refractivity contribution in [3.63, 3.8) is 0 Å². The number of nitrogens with zero attached hydrogens (tertiary/aromatic N) is 1. The van der Waals surface area contributed by atoms with Crippen LogP contribution in [0.15, 0.2) is 48.5 Å². The van der Waals surface area contributed by atoms with E-state index in [1.165, 1.54) is 5.56 Å². The van der Waals surface area contributed by atoms with Crippen molar-refractivity contribution in [2.45, 2.75) is 20.8 Å². The quantitative estimate of drug-likeness (QED) is 0.716. The third-order valence-corrected chi connectivity index (χ3v) is 4.58. The van der Waals surface area contributed by atoms with E-state index in [-0.39, 0.29) is 5.91 Å². The maximum atomic E-state index is 12.9. The Morgan fingerprint density at radius 1 is 0.926 bits per heavy atom. The van der Waals surface area contributed by atoms with Gasteiger partial charge in [0, 0.05) is 28.8 Å². The van der Waals surface area contributed by atoms with Crippen LogP contribution >= 0.6 is 0 Å². The van der Waals surface area contributed by atoms with Crippen LogP contribution in [-0.2, 0) is 0 Å². The zero-order valence-electron chi connectivity index (χ0n) is 16.3. The summed E-state index contributed by atoms with van der Waals surface area (Å²) in [5, 5.41) is 2.94. The topological polar surface area (TPSA) is 52.5 Å². The van der Waals surface area contributed by atoms with Crippen molar-refractivity contribution in [1.29, 1.82) is 0 Å². The number of methoxy groups -OCH3 is 2. The highest BCUT2D eigenvalue weighted by atomic mass is 16.5. The first-order chi connectivity index (χ1) is 12.9. The Balaban J connectivity index is 1.91. The molecule has 140 valence electrons. The highest BCUT2D eigenvalue weighted by molar-refractivity contribution is 6.05. The fraction of sp³-hybridized carbons (Fsp3) is 0.227. The number of hydrogen-bond acceptors (Lipinski definition) is 3. The van der Waals surface area contributed by atoms with E-state index in [9.17, 15) is 4.79 Å². The Bertz CT molecular complexity index is 989. The lowest BCUT2D eigenvalue weighted by Gasteiger charge is -2.12. The number of ether oxygens (including phenoxy) is 2. The molecule has 5 heteroatoms. The van der Waals surface area contributed by atoms with Crippen LogP contribution in [0, 0.1) is 20.8 Å². The molecule has 1 amide bonds. The number of hydrogen-bond donors (Lipinski definition) is 1. The standard InChI is InChI=1S/C22H24N2O3/c1-14-7-6-8-18(11-14)24-15(2)12-19(16(24)3)22(25)23-17-9-10-20(26-4)21(13-17)27-5/h6-13H,1-5H3,(H,23,25). The van der Waals surface area contributed by atoms with Crippen LogP contribution in [-0.4, -0.2) is 24.7 Å². The summed E-state index contributed by atoms with van der Waals surface area (Å²) in [6.45, 7) is 6.02. The molecule has 0 fully saturated rings. The lowest BCUT2D eigenvalue weighted by molar-refractivity contribution is 0.102. The van der Waals surface area contributed by atoms with Crippen molar-refractivity contribution >= 4 is 11.6 Å². The molecule has 0 bridgehead atoms. The molecule has 1 heterocycles. The highest BCUT2D eigenvalue weighted by Crippen LogP contribution is 2.30. The molecule has 1 N–H and O–H groups in total. The fourth-order valence-electron chi connectivity index (χ4n) is 3.27. The van der Waals surface area contributed by atoms with E-state index in [2.05, 4.69) is 28.9 Å². The third kappa shape index (κ3) is 3.67. The van der Waals surface area contributed by atoms with Crippen LogP contribution in [0.4, 0.5) is 5.69 Å². The van der Waals surface area contributed by atoms with E-state index >= 15 is 0 Å². The Morgan fingerprint density at radius 3 is 2.33 bits per heavy atom. The SMILES string of the molecule is COc1ccc(NC(=O)c2cc(C)n(-c3cccc(C)c3)c2C)cc1OC. The molecule has 5 nitrogen and oxygen atoms in total. The minimum atomic E-state index is -0.158. The second-order valence-electron chi connectivity index (χ2n) is 6.48. The molecule has 1 aromatic heterocycles. The minimum absolute atomic E-state index is 0.158. The molecule has 0 saturated carbocycles. The van der Waals surface area contributed by atoms with E-state index < -0.39 is 0 Å². The molecule has 0 aliphatic heterocycles. The number of aromatic nitrogens is 1. The van der Waals surface area contributed by atoms with Gasteiger partial charge in [-0.1, -0.05) is 12.1 Å². The lowest BCUT2D eigenvalue weighted by atomic mass is 10.2. The minimum Gasteiger partial charge on any atom is -0.493 e. The normalized spacial score (nSPS) is 10.6. The first kappa shape index (κ1) is 18.6. The number of amides is 1. The van der Waals surface area contributed by atoms with Crippen molar-refractivity contribution in [1.82, 2.24) is 4.57 Å². The zero-order valence-corrected chi connectivity index (χ0v) is 16.3. The summed E-state index contributed by atoms with van der Waals surface area (Å²) in [6, 6.07) is 15.4. The van der Waals surface area contributed by atoms with Gasteiger partial charge in [-0.25, -0.2) is 0 Å². The Morgan fingerprint density at radius 2 is 1.67 bits per heavy atom. The van der Waals surface area contributed by atoms with Gasteiger partial charge in [-0.15, -0.1) is 0 Å². The molecular weight excluding hydrogens is 340 g/mol. The van der Waals surface area contributed by atoms with Crippen molar-refractivity contribution in [2.75, 3.05) is 19.5 Å².